The average molecular weight is 313 g/mol. The van der Waals surface area contributed by atoms with E-state index in [0.717, 1.165) is 31.9 Å². The Morgan fingerprint density at radius 2 is 1.76 bits per heavy atom. The second kappa shape index (κ2) is 6.57. The molecule has 21 heavy (non-hydrogen) atoms. The number of hydrogen-bond acceptors (Lipinski definition) is 4. The van der Waals surface area contributed by atoms with E-state index in [0.29, 0.717) is 12.3 Å². The number of likely N-dealkylation sites (N-methyl/N-ethyl adjacent to an activating group) is 1. The molecule has 0 aromatic carbocycles. The average Bonchev–Trinajstić information content (AvgIpc) is 2.86. The van der Waals surface area contributed by atoms with Gasteiger partial charge in [0.1, 0.15) is 6.04 Å². The highest BCUT2D eigenvalue weighted by atomic mass is 32.2. The van der Waals surface area contributed by atoms with Crippen LogP contribution in [-0.2, 0) is 9.59 Å². The molecule has 0 N–H and O–H groups in total. The molecule has 5 nitrogen and oxygen atoms in total. The summed E-state index contributed by atoms with van der Waals surface area (Å²) in [6.07, 6.45) is 0.500. The summed E-state index contributed by atoms with van der Waals surface area (Å²) < 4.78 is 0. The van der Waals surface area contributed by atoms with Gasteiger partial charge in [-0.3, -0.25) is 9.59 Å². The number of thioether (sulfide) groups is 1. The fourth-order valence-electron chi connectivity index (χ4n) is 2.69. The topological polar surface area (TPSA) is 43.9 Å². The summed E-state index contributed by atoms with van der Waals surface area (Å²) in [5.41, 5.74) is -0.0359. The Morgan fingerprint density at radius 3 is 2.33 bits per heavy atom. The zero-order chi connectivity index (χ0) is 15.6. The highest BCUT2D eigenvalue weighted by Gasteiger charge is 2.38. The van der Waals surface area contributed by atoms with Crippen molar-refractivity contribution in [2.24, 2.45) is 5.41 Å². The molecule has 0 aromatic heterocycles. The van der Waals surface area contributed by atoms with Gasteiger partial charge in [0.25, 0.3) is 0 Å². The van der Waals surface area contributed by atoms with Gasteiger partial charge in [-0.1, -0.05) is 20.8 Å². The molecule has 1 atom stereocenters. The van der Waals surface area contributed by atoms with Crippen LogP contribution < -0.4 is 0 Å². The van der Waals surface area contributed by atoms with E-state index in [1.54, 1.807) is 16.7 Å². The standard InChI is InChI=1S/C15H27N3O2S/c1-15(2,3)9-13(19)18-11-21-10-12(18)14(20)17-7-5-16(4)6-8-17/h12H,5-11H2,1-4H3/t12-/m1/s1. The van der Waals surface area contributed by atoms with Gasteiger partial charge >= 0.3 is 0 Å². The Morgan fingerprint density at radius 1 is 1.14 bits per heavy atom. The molecule has 2 rings (SSSR count). The molecule has 0 saturated carbocycles. The van der Waals surface area contributed by atoms with Gasteiger partial charge in [-0.05, 0) is 12.5 Å². The Hall–Kier alpha value is -0.750. The molecule has 0 aromatic rings. The molecule has 2 saturated heterocycles. The summed E-state index contributed by atoms with van der Waals surface area (Å²) in [6.45, 7) is 9.57. The third-order valence-electron chi connectivity index (χ3n) is 3.98. The predicted octanol–water partition coefficient (Wildman–Crippen LogP) is 1.10. The maximum absolute atomic E-state index is 12.7. The number of carbonyl (C=O) groups is 2. The van der Waals surface area contributed by atoms with Crippen molar-refractivity contribution < 1.29 is 9.59 Å². The fourth-order valence-corrected chi connectivity index (χ4v) is 3.86. The quantitative estimate of drug-likeness (QED) is 0.766. The van der Waals surface area contributed by atoms with Crippen molar-refractivity contribution in [1.82, 2.24) is 14.7 Å². The number of carbonyl (C=O) groups excluding carboxylic acids is 2. The fraction of sp³-hybridized carbons (Fsp3) is 0.867. The molecule has 0 bridgehead atoms. The van der Waals surface area contributed by atoms with Gasteiger partial charge < -0.3 is 14.7 Å². The van der Waals surface area contributed by atoms with Gasteiger partial charge in [0.05, 0.1) is 5.88 Å². The molecule has 2 fully saturated rings. The first-order valence-corrected chi connectivity index (χ1v) is 8.78. The lowest BCUT2D eigenvalue weighted by Crippen LogP contribution is -2.54. The van der Waals surface area contributed by atoms with Crippen molar-refractivity contribution in [3.05, 3.63) is 0 Å². The van der Waals surface area contributed by atoms with E-state index < -0.39 is 0 Å². The van der Waals surface area contributed by atoms with Gasteiger partial charge in [0.2, 0.25) is 11.8 Å². The monoisotopic (exact) mass is 313 g/mol. The molecular weight excluding hydrogens is 286 g/mol. The van der Waals surface area contributed by atoms with E-state index >= 15 is 0 Å². The molecule has 0 spiro atoms. The number of rotatable bonds is 2. The first kappa shape index (κ1) is 16.6. The van der Waals surface area contributed by atoms with Gasteiger partial charge in [-0.25, -0.2) is 0 Å². The van der Waals surface area contributed by atoms with Crippen LogP contribution in [0.1, 0.15) is 27.2 Å². The maximum Gasteiger partial charge on any atom is 0.246 e. The number of nitrogens with zero attached hydrogens (tertiary/aromatic N) is 3. The summed E-state index contributed by atoms with van der Waals surface area (Å²) in [6, 6.07) is -0.256. The molecule has 0 unspecified atom stereocenters. The predicted molar refractivity (Wildman–Crippen MR) is 86.1 cm³/mol. The number of hydrogen-bond donors (Lipinski definition) is 0. The van der Waals surface area contributed by atoms with Crippen LogP contribution in [0.25, 0.3) is 0 Å². The first-order valence-electron chi connectivity index (χ1n) is 7.62. The Kier molecular flexibility index (Phi) is 5.20. The highest BCUT2D eigenvalue weighted by molar-refractivity contribution is 7.99. The van der Waals surface area contributed by atoms with Crippen molar-refractivity contribution in [2.45, 2.75) is 33.2 Å². The van der Waals surface area contributed by atoms with E-state index in [9.17, 15) is 9.59 Å². The summed E-state index contributed by atoms with van der Waals surface area (Å²) in [5.74, 6) is 1.63. The summed E-state index contributed by atoms with van der Waals surface area (Å²) >= 11 is 1.68. The minimum Gasteiger partial charge on any atom is -0.338 e. The number of piperazine rings is 1. The van der Waals surface area contributed by atoms with Crippen LogP contribution in [0.3, 0.4) is 0 Å². The minimum atomic E-state index is -0.256. The third-order valence-corrected chi connectivity index (χ3v) is 5.00. The molecule has 6 heteroatoms. The molecule has 2 heterocycles. The summed E-state index contributed by atoms with van der Waals surface area (Å²) in [5, 5.41) is 0. The van der Waals surface area contributed by atoms with Crippen LogP contribution in [0, 0.1) is 5.41 Å². The summed E-state index contributed by atoms with van der Waals surface area (Å²) in [7, 11) is 2.08. The molecule has 0 aliphatic carbocycles. The second-order valence-electron chi connectivity index (χ2n) is 7.25. The van der Waals surface area contributed by atoms with E-state index in [-0.39, 0.29) is 23.3 Å². The van der Waals surface area contributed by atoms with Crippen molar-refractivity contribution in [1.29, 1.82) is 0 Å². The zero-order valence-electron chi connectivity index (χ0n) is 13.6. The van der Waals surface area contributed by atoms with Crippen molar-refractivity contribution >= 4 is 23.6 Å². The third kappa shape index (κ3) is 4.36. The van der Waals surface area contributed by atoms with Crippen LogP contribution in [0.2, 0.25) is 0 Å². The Labute approximate surface area is 132 Å². The lowest BCUT2D eigenvalue weighted by atomic mass is 9.91. The number of amides is 2. The highest BCUT2D eigenvalue weighted by Crippen LogP contribution is 2.27. The minimum absolute atomic E-state index is 0.0359. The largest absolute Gasteiger partial charge is 0.338 e. The van der Waals surface area contributed by atoms with Gasteiger partial charge in [-0.2, -0.15) is 0 Å². The van der Waals surface area contributed by atoms with Crippen LogP contribution in [-0.4, -0.2) is 77.4 Å². The second-order valence-corrected chi connectivity index (χ2v) is 8.24. The molecule has 2 aliphatic rings. The maximum atomic E-state index is 12.7. The lowest BCUT2D eigenvalue weighted by molar-refractivity contribution is -0.145. The molecule has 2 aliphatic heterocycles. The van der Waals surface area contributed by atoms with Crippen molar-refractivity contribution in [2.75, 3.05) is 44.9 Å². The van der Waals surface area contributed by atoms with Gasteiger partial charge in [-0.15, -0.1) is 11.8 Å². The van der Waals surface area contributed by atoms with E-state index in [2.05, 4.69) is 32.7 Å². The van der Waals surface area contributed by atoms with Crippen LogP contribution in [0.15, 0.2) is 0 Å². The SMILES string of the molecule is CN1CCN(C(=O)[C@H]2CSCN2C(=O)CC(C)(C)C)CC1. The molecule has 2 amide bonds. The zero-order valence-corrected chi connectivity index (χ0v) is 14.4. The van der Waals surface area contributed by atoms with Gasteiger partial charge in [0, 0.05) is 38.4 Å². The van der Waals surface area contributed by atoms with Crippen molar-refractivity contribution in [3.63, 3.8) is 0 Å². The molecular formula is C15H27N3O2S. The van der Waals surface area contributed by atoms with Gasteiger partial charge in [0.15, 0.2) is 0 Å². The first-order chi connectivity index (χ1) is 9.78. The normalized spacial score (nSPS) is 24.5. The Balaban J connectivity index is 1.98. The van der Waals surface area contributed by atoms with E-state index in [1.165, 1.54) is 0 Å². The lowest BCUT2D eigenvalue weighted by Gasteiger charge is -2.36. The van der Waals surface area contributed by atoms with Crippen molar-refractivity contribution in [3.8, 4) is 0 Å². The van der Waals surface area contributed by atoms with E-state index in [4.69, 9.17) is 0 Å². The van der Waals surface area contributed by atoms with Crippen LogP contribution in [0.5, 0.6) is 0 Å². The Bertz CT molecular complexity index is 400. The smallest absolute Gasteiger partial charge is 0.246 e. The van der Waals surface area contributed by atoms with Crippen LogP contribution >= 0.6 is 11.8 Å². The summed E-state index contributed by atoms with van der Waals surface area (Å²) in [4.78, 5) is 31.1. The molecule has 0 radical (unpaired) electrons. The van der Waals surface area contributed by atoms with Crippen LogP contribution in [0.4, 0.5) is 0 Å². The molecule has 120 valence electrons. The van der Waals surface area contributed by atoms with E-state index in [1.807, 2.05) is 4.90 Å².